The molecule has 2 aromatic heterocycles. The molecule has 0 saturated carbocycles. The van der Waals surface area contributed by atoms with Crippen molar-refractivity contribution in [2.45, 2.75) is 6.54 Å². The summed E-state index contributed by atoms with van der Waals surface area (Å²) in [5.41, 5.74) is 8.73. The first-order valence-corrected chi connectivity index (χ1v) is 11.1. The van der Waals surface area contributed by atoms with Gasteiger partial charge in [-0.05, 0) is 53.6 Å². The Bertz CT molecular complexity index is 1600. The van der Waals surface area contributed by atoms with Gasteiger partial charge in [-0.1, -0.05) is 42.5 Å². The van der Waals surface area contributed by atoms with E-state index in [1.54, 1.807) is 18.2 Å². The third-order valence-electron chi connectivity index (χ3n) is 5.76. The summed E-state index contributed by atoms with van der Waals surface area (Å²) < 4.78 is 19.5. The van der Waals surface area contributed by atoms with E-state index in [4.69, 9.17) is 10.2 Å². The van der Waals surface area contributed by atoms with E-state index in [1.807, 2.05) is 30.3 Å². The number of carboxylic acids is 1. The van der Waals surface area contributed by atoms with Gasteiger partial charge in [0.1, 0.15) is 17.4 Å². The SMILES string of the molecule is NC(=O)c1c(-c2ccc(F)cc2)oc2nc(NCc3ccccc3)c(-c3cccc(C(=O)O)c3)cc12. The zero-order valence-corrected chi connectivity index (χ0v) is 18.9. The summed E-state index contributed by atoms with van der Waals surface area (Å²) in [5.74, 6) is -1.61. The second-order valence-corrected chi connectivity index (χ2v) is 8.14. The first-order valence-electron chi connectivity index (χ1n) is 11.1. The summed E-state index contributed by atoms with van der Waals surface area (Å²) in [6, 6.07) is 23.3. The number of halogens is 1. The van der Waals surface area contributed by atoms with E-state index in [2.05, 4.69) is 10.3 Å². The Morgan fingerprint density at radius 3 is 2.39 bits per heavy atom. The van der Waals surface area contributed by atoms with Gasteiger partial charge in [-0.2, -0.15) is 4.98 Å². The number of hydrogen-bond acceptors (Lipinski definition) is 5. The molecule has 0 saturated heterocycles. The van der Waals surface area contributed by atoms with E-state index in [-0.39, 0.29) is 22.6 Å². The predicted octanol–water partition coefficient (Wildman–Crippen LogP) is 5.71. The van der Waals surface area contributed by atoms with Crippen molar-refractivity contribution in [2.75, 3.05) is 5.32 Å². The normalized spacial score (nSPS) is 10.9. The highest BCUT2D eigenvalue weighted by Crippen LogP contribution is 2.38. The number of rotatable bonds is 7. The van der Waals surface area contributed by atoms with E-state index in [9.17, 15) is 19.1 Å². The average Bonchev–Trinajstić information content (AvgIpc) is 3.26. The maximum absolute atomic E-state index is 13.5. The Kier molecular flexibility index (Phi) is 5.92. The number of pyridine rings is 1. The van der Waals surface area contributed by atoms with E-state index in [0.717, 1.165) is 5.56 Å². The lowest BCUT2D eigenvalue weighted by molar-refractivity contribution is 0.0696. The fraction of sp³-hybridized carbons (Fsp3) is 0.0357. The fourth-order valence-electron chi connectivity index (χ4n) is 4.03. The predicted molar refractivity (Wildman–Crippen MR) is 134 cm³/mol. The molecule has 36 heavy (non-hydrogen) atoms. The maximum atomic E-state index is 13.5. The van der Waals surface area contributed by atoms with E-state index in [1.165, 1.54) is 36.4 Å². The first-order chi connectivity index (χ1) is 17.4. The third-order valence-corrected chi connectivity index (χ3v) is 5.76. The van der Waals surface area contributed by atoms with Crippen molar-refractivity contribution < 1.29 is 23.5 Å². The molecule has 3 aromatic carbocycles. The van der Waals surface area contributed by atoms with Crippen molar-refractivity contribution >= 4 is 28.8 Å². The zero-order chi connectivity index (χ0) is 25.2. The Hall–Kier alpha value is -4.98. The molecule has 5 rings (SSSR count). The molecule has 0 fully saturated rings. The first kappa shape index (κ1) is 22.8. The van der Waals surface area contributed by atoms with Crippen molar-refractivity contribution in [3.63, 3.8) is 0 Å². The number of carbonyl (C=O) groups excluding carboxylic acids is 1. The minimum atomic E-state index is -1.07. The number of fused-ring (bicyclic) bond motifs is 1. The molecule has 0 radical (unpaired) electrons. The van der Waals surface area contributed by atoms with Gasteiger partial charge in [0.05, 0.1) is 16.5 Å². The molecular weight excluding hydrogens is 461 g/mol. The number of amides is 1. The monoisotopic (exact) mass is 481 g/mol. The quantitative estimate of drug-likeness (QED) is 0.274. The van der Waals surface area contributed by atoms with Gasteiger partial charge >= 0.3 is 5.97 Å². The van der Waals surface area contributed by atoms with Crippen LogP contribution >= 0.6 is 0 Å². The lowest BCUT2D eigenvalue weighted by Gasteiger charge is -2.12. The number of nitrogens with one attached hydrogen (secondary N) is 1. The lowest BCUT2D eigenvalue weighted by Crippen LogP contribution is -2.11. The number of carbonyl (C=O) groups is 2. The number of primary amides is 1. The summed E-state index contributed by atoms with van der Waals surface area (Å²) in [6.45, 7) is 0.444. The van der Waals surface area contributed by atoms with Crippen LogP contribution in [0.3, 0.4) is 0 Å². The molecule has 178 valence electrons. The molecule has 0 spiro atoms. The summed E-state index contributed by atoms with van der Waals surface area (Å²) in [6.07, 6.45) is 0. The van der Waals surface area contributed by atoms with Crippen LogP contribution in [0.15, 0.2) is 89.3 Å². The number of aromatic carboxylic acids is 1. The van der Waals surface area contributed by atoms with Crippen LogP contribution in [0, 0.1) is 5.82 Å². The molecular formula is C28H20FN3O4. The molecule has 2 heterocycles. The van der Waals surface area contributed by atoms with Crippen LogP contribution in [0.4, 0.5) is 10.2 Å². The number of aromatic nitrogens is 1. The minimum absolute atomic E-state index is 0.106. The van der Waals surface area contributed by atoms with Crippen molar-refractivity contribution in [1.82, 2.24) is 4.98 Å². The van der Waals surface area contributed by atoms with Gasteiger partial charge in [0, 0.05) is 17.7 Å². The van der Waals surface area contributed by atoms with Gasteiger partial charge in [-0.25, -0.2) is 9.18 Å². The lowest BCUT2D eigenvalue weighted by atomic mass is 10.00. The van der Waals surface area contributed by atoms with Crippen LogP contribution in [-0.2, 0) is 6.54 Å². The van der Waals surface area contributed by atoms with E-state index in [0.29, 0.717) is 34.4 Å². The summed E-state index contributed by atoms with van der Waals surface area (Å²) in [7, 11) is 0. The summed E-state index contributed by atoms with van der Waals surface area (Å²) >= 11 is 0. The Morgan fingerprint density at radius 2 is 1.69 bits per heavy atom. The van der Waals surface area contributed by atoms with Crippen LogP contribution in [0.25, 0.3) is 33.6 Å². The highest BCUT2D eigenvalue weighted by Gasteiger charge is 2.24. The standard InChI is InChI=1S/C28H20FN3O4/c29-20-11-9-17(10-12-20)24-23(25(30)33)22-14-21(18-7-4-8-19(13-18)28(34)35)26(32-27(22)36-24)31-15-16-5-2-1-3-6-16/h1-14H,15H2,(H2,30,33)(H,31,32)(H,34,35). The molecule has 0 aliphatic heterocycles. The average molecular weight is 481 g/mol. The van der Waals surface area contributed by atoms with Gasteiger partial charge in [0.15, 0.2) is 0 Å². The van der Waals surface area contributed by atoms with Gasteiger partial charge in [-0.15, -0.1) is 0 Å². The molecule has 0 unspecified atom stereocenters. The third kappa shape index (κ3) is 4.39. The Balaban J connectivity index is 1.71. The smallest absolute Gasteiger partial charge is 0.335 e. The molecule has 1 amide bonds. The summed E-state index contributed by atoms with van der Waals surface area (Å²) in [4.78, 5) is 28.7. The molecule has 0 bridgehead atoms. The number of anilines is 1. The molecule has 4 N–H and O–H groups in total. The molecule has 0 aliphatic carbocycles. The highest BCUT2D eigenvalue weighted by molar-refractivity contribution is 6.11. The van der Waals surface area contributed by atoms with Gasteiger partial charge in [0.25, 0.3) is 5.91 Å². The van der Waals surface area contributed by atoms with E-state index >= 15 is 0 Å². The molecule has 8 heteroatoms. The number of hydrogen-bond donors (Lipinski definition) is 3. The molecule has 0 aliphatic rings. The van der Waals surface area contributed by atoms with Crippen LogP contribution in [-0.4, -0.2) is 22.0 Å². The van der Waals surface area contributed by atoms with Crippen molar-refractivity contribution in [3.8, 4) is 22.5 Å². The Labute approximate surface area is 205 Å². The van der Waals surface area contributed by atoms with Gasteiger partial charge < -0.3 is 20.6 Å². The van der Waals surface area contributed by atoms with Gasteiger partial charge in [-0.3, -0.25) is 4.79 Å². The van der Waals surface area contributed by atoms with Gasteiger partial charge in [0.2, 0.25) is 5.71 Å². The highest BCUT2D eigenvalue weighted by atomic mass is 19.1. The number of furan rings is 1. The zero-order valence-electron chi connectivity index (χ0n) is 18.9. The second kappa shape index (κ2) is 9.34. The maximum Gasteiger partial charge on any atom is 0.335 e. The minimum Gasteiger partial charge on any atom is -0.478 e. The second-order valence-electron chi connectivity index (χ2n) is 8.14. The molecule has 5 aromatic rings. The van der Waals surface area contributed by atoms with Crippen LogP contribution < -0.4 is 11.1 Å². The van der Waals surface area contributed by atoms with E-state index < -0.39 is 17.7 Å². The van der Waals surface area contributed by atoms with Crippen LogP contribution in [0.1, 0.15) is 26.3 Å². The largest absolute Gasteiger partial charge is 0.478 e. The van der Waals surface area contributed by atoms with Crippen LogP contribution in [0.5, 0.6) is 0 Å². The fourth-order valence-corrected chi connectivity index (χ4v) is 4.03. The van der Waals surface area contributed by atoms with Crippen LogP contribution in [0.2, 0.25) is 0 Å². The number of benzene rings is 3. The number of carboxylic acid groups (broad SMARTS) is 1. The number of nitrogens with two attached hydrogens (primary N) is 1. The molecule has 0 atom stereocenters. The van der Waals surface area contributed by atoms with Crippen molar-refractivity contribution in [1.29, 1.82) is 0 Å². The molecule has 7 nitrogen and oxygen atoms in total. The van der Waals surface area contributed by atoms with Crippen molar-refractivity contribution in [2.24, 2.45) is 5.73 Å². The van der Waals surface area contributed by atoms with Crippen molar-refractivity contribution in [3.05, 3.63) is 107 Å². The Morgan fingerprint density at radius 1 is 0.944 bits per heavy atom. The summed E-state index contributed by atoms with van der Waals surface area (Å²) in [5, 5.41) is 13.1. The topological polar surface area (TPSA) is 118 Å². The number of nitrogens with zero attached hydrogens (tertiary/aromatic N) is 1.